The van der Waals surface area contributed by atoms with Crippen molar-refractivity contribution in [2.24, 2.45) is 0 Å². The van der Waals surface area contributed by atoms with Gasteiger partial charge in [0.1, 0.15) is 18.1 Å². The molecule has 2 rings (SSSR count). The molecule has 0 fully saturated rings. The van der Waals surface area contributed by atoms with Gasteiger partial charge in [-0.05, 0) is 49.6 Å². The molecule has 0 aliphatic heterocycles. The average Bonchev–Trinajstić information content (AvgIpc) is 2.35. The molecule has 2 aromatic rings. The Labute approximate surface area is 108 Å². The second kappa shape index (κ2) is 5.88. The zero-order chi connectivity index (χ0) is 12.8. The molecule has 0 saturated carbocycles. The van der Waals surface area contributed by atoms with Crippen LogP contribution < -0.4 is 4.74 Å². The third-order valence-electron chi connectivity index (χ3n) is 2.41. The number of aryl methyl sites for hydroxylation is 2. The molecule has 0 atom stereocenters. The van der Waals surface area contributed by atoms with Crippen LogP contribution in [0.4, 0.5) is 0 Å². The second-order valence-electron chi connectivity index (χ2n) is 4.07. The third kappa shape index (κ3) is 3.64. The Hall–Kier alpha value is -2.27. The Bertz CT molecular complexity index is 593. The molecule has 2 nitrogen and oxygen atoms in total. The maximum absolute atomic E-state index is 5.54. The number of ether oxygens (including phenoxy) is 1. The molecular weight excluding hydrogens is 222 g/mol. The number of benzene rings is 1. The number of rotatable bonds is 2. The molecule has 0 unspecified atom stereocenters. The second-order valence-corrected chi connectivity index (χ2v) is 4.07. The fraction of sp³-hybridized carbons (Fsp3) is 0.188. The minimum atomic E-state index is 0.374. The van der Waals surface area contributed by atoms with Gasteiger partial charge in [-0.15, -0.1) is 0 Å². The molecule has 18 heavy (non-hydrogen) atoms. The van der Waals surface area contributed by atoms with E-state index in [-0.39, 0.29) is 0 Å². The quantitative estimate of drug-likeness (QED) is 0.749. The molecule has 1 aromatic carbocycles. The number of pyridine rings is 1. The normalized spacial score (nSPS) is 9.44. The standard InChI is InChI=1S/C16H15NO/c1-13-6-3-10-16(12-13)18-11-5-9-15-8-4-7-14(2)17-15/h3-4,6-8,10,12H,11H2,1-2H3. The lowest BCUT2D eigenvalue weighted by Gasteiger charge is -2.01. The molecule has 1 heterocycles. The van der Waals surface area contributed by atoms with Crippen LogP contribution in [-0.4, -0.2) is 11.6 Å². The molecule has 90 valence electrons. The number of aromatic nitrogens is 1. The molecule has 0 aliphatic rings. The van der Waals surface area contributed by atoms with Gasteiger partial charge in [0.25, 0.3) is 0 Å². The fourth-order valence-electron chi connectivity index (χ4n) is 1.56. The highest BCUT2D eigenvalue weighted by molar-refractivity contribution is 5.30. The molecular formula is C16H15NO. The lowest BCUT2D eigenvalue weighted by atomic mass is 10.2. The van der Waals surface area contributed by atoms with Gasteiger partial charge in [-0.2, -0.15) is 0 Å². The summed E-state index contributed by atoms with van der Waals surface area (Å²) in [5.41, 5.74) is 2.94. The molecule has 0 N–H and O–H groups in total. The molecule has 0 spiro atoms. The van der Waals surface area contributed by atoms with Crippen molar-refractivity contribution in [2.45, 2.75) is 13.8 Å². The summed E-state index contributed by atoms with van der Waals surface area (Å²) in [5.74, 6) is 6.79. The molecule has 2 heteroatoms. The summed E-state index contributed by atoms with van der Waals surface area (Å²) < 4.78 is 5.54. The minimum Gasteiger partial charge on any atom is -0.481 e. The van der Waals surface area contributed by atoms with Gasteiger partial charge in [0.2, 0.25) is 0 Å². The first-order valence-electron chi connectivity index (χ1n) is 5.86. The molecule has 0 aliphatic carbocycles. The van der Waals surface area contributed by atoms with Crippen LogP contribution in [0, 0.1) is 25.7 Å². The van der Waals surface area contributed by atoms with Crippen molar-refractivity contribution in [1.29, 1.82) is 0 Å². The average molecular weight is 237 g/mol. The van der Waals surface area contributed by atoms with Gasteiger partial charge in [0.05, 0.1) is 0 Å². The first-order valence-corrected chi connectivity index (χ1v) is 5.86. The maximum Gasteiger partial charge on any atom is 0.149 e. The zero-order valence-electron chi connectivity index (χ0n) is 10.6. The van der Waals surface area contributed by atoms with E-state index in [0.717, 1.165) is 17.1 Å². The Morgan fingerprint density at radius 3 is 2.72 bits per heavy atom. The third-order valence-corrected chi connectivity index (χ3v) is 2.41. The summed E-state index contributed by atoms with van der Waals surface area (Å²) in [5, 5.41) is 0. The summed E-state index contributed by atoms with van der Waals surface area (Å²) in [6.07, 6.45) is 0. The van der Waals surface area contributed by atoms with E-state index in [0.29, 0.717) is 6.61 Å². The highest BCUT2D eigenvalue weighted by atomic mass is 16.5. The van der Waals surface area contributed by atoms with E-state index >= 15 is 0 Å². The largest absolute Gasteiger partial charge is 0.481 e. The first kappa shape index (κ1) is 12.2. The monoisotopic (exact) mass is 237 g/mol. The summed E-state index contributed by atoms with van der Waals surface area (Å²) in [7, 11) is 0. The van der Waals surface area contributed by atoms with Crippen LogP contribution in [0.2, 0.25) is 0 Å². The van der Waals surface area contributed by atoms with Gasteiger partial charge < -0.3 is 4.74 Å². The van der Waals surface area contributed by atoms with E-state index in [1.165, 1.54) is 5.56 Å². The van der Waals surface area contributed by atoms with E-state index in [1.54, 1.807) is 0 Å². The number of hydrogen-bond acceptors (Lipinski definition) is 2. The lowest BCUT2D eigenvalue weighted by molar-refractivity contribution is 0.370. The van der Waals surface area contributed by atoms with Crippen LogP contribution in [0.1, 0.15) is 17.0 Å². The molecule has 0 bridgehead atoms. The van der Waals surface area contributed by atoms with Crippen LogP contribution in [0.3, 0.4) is 0 Å². The van der Waals surface area contributed by atoms with E-state index < -0.39 is 0 Å². The summed E-state index contributed by atoms with van der Waals surface area (Å²) in [4.78, 5) is 4.30. The first-order chi connectivity index (χ1) is 8.74. The predicted molar refractivity (Wildman–Crippen MR) is 72.5 cm³/mol. The molecule has 0 saturated heterocycles. The van der Waals surface area contributed by atoms with E-state index in [1.807, 2.05) is 56.3 Å². The highest BCUT2D eigenvalue weighted by Gasteiger charge is 1.91. The SMILES string of the molecule is Cc1cccc(OCC#Cc2cccc(C)n2)c1. The van der Waals surface area contributed by atoms with Gasteiger partial charge in [-0.1, -0.05) is 24.1 Å². The lowest BCUT2D eigenvalue weighted by Crippen LogP contribution is -1.94. The zero-order valence-corrected chi connectivity index (χ0v) is 10.6. The van der Waals surface area contributed by atoms with Crippen LogP contribution in [-0.2, 0) is 0 Å². The smallest absolute Gasteiger partial charge is 0.149 e. The number of nitrogens with zero attached hydrogens (tertiary/aromatic N) is 1. The maximum atomic E-state index is 5.54. The minimum absolute atomic E-state index is 0.374. The van der Waals surface area contributed by atoms with Gasteiger partial charge in [-0.3, -0.25) is 0 Å². The van der Waals surface area contributed by atoms with Crippen LogP contribution in [0.15, 0.2) is 42.5 Å². The number of hydrogen-bond donors (Lipinski definition) is 0. The van der Waals surface area contributed by atoms with Crippen molar-refractivity contribution >= 4 is 0 Å². The van der Waals surface area contributed by atoms with Crippen molar-refractivity contribution in [3.8, 4) is 17.6 Å². The van der Waals surface area contributed by atoms with Gasteiger partial charge in [0, 0.05) is 5.69 Å². The van der Waals surface area contributed by atoms with Gasteiger partial charge in [-0.25, -0.2) is 4.98 Å². The summed E-state index contributed by atoms with van der Waals surface area (Å²) in [6, 6.07) is 13.7. The molecule has 0 amide bonds. The highest BCUT2D eigenvalue weighted by Crippen LogP contribution is 2.11. The van der Waals surface area contributed by atoms with E-state index in [2.05, 4.69) is 16.8 Å². The Kier molecular flexibility index (Phi) is 3.98. The van der Waals surface area contributed by atoms with Crippen molar-refractivity contribution in [3.63, 3.8) is 0 Å². The molecule has 0 radical (unpaired) electrons. The Balaban J connectivity index is 1.93. The van der Waals surface area contributed by atoms with Gasteiger partial charge in [0.15, 0.2) is 0 Å². The van der Waals surface area contributed by atoms with Crippen LogP contribution in [0.25, 0.3) is 0 Å². The Morgan fingerprint density at radius 1 is 1.11 bits per heavy atom. The Morgan fingerprint density at radius 2 is 1.94 bits per heavy atom. The topological polar surface area (TPSA) is 22.1 Å². The van der Waals surface area contributed by atoms with Crippen molar-refractivity contribution in [1.82, 2.24) is 4.98 Å². The summed E-state index contributed by atoms with van der Waals surface area (Å²) in [6.45, 7) is 4.36. The van der Waals surface area contributed by atoms with E-state index in [9.17, 15) is 0 Å². The molecule has 1 aromatic heterocycles. The van der Waals surface area contributed by atoms with Crippen molar-refractivity contribution in [3.05, 3.63) is 59.4 Å². The van der Waals surface area contributed by atoms with Crippen molar-refractivity contribution < 1.29 is 4.74 Å². The summed E-state index contributed by atoms with van der Waals surface area (Å²) >= 11 is 0. The fourth-order valence-corrected chi connectivity index (χ4v) is 1.56. The van der Waals surface area contributed by atoms with Gasteiger partial charge >= 0.3 is 0 Å². The van der Waals surface area contributed by atoms with Crippen LogP contribution in [0.5, 0.6) is 5.75 Å². The van der Waals surface area contributed by atoms with Crippen molar-refractivity contribution in [2.75, 3.05) is 6.61 Å². The van der Waals surface area contributed by atoms with Crippen LogP contribution >= 0.6 is 0 Å². The predicted octanol–water partition coefficient (Wildman–Crippen LogP) is 3.13. The van der Waals surface area contributed by atoms with E-state index in [4.69, 9.17) is 4.74 Å².